The van der Waals surface area contributed by atoms with Gasteiger partial charge in [-0.2, -0.15) is 0 Å². The molecule has 0 heterocycles. The van der Waals surface area contributed by atoms with Crippen LogP contribution >= 0.6 is 0 Å². The van der Waals surface area contributed by atoms with Crippen LogP contribution in [0.4, 0.5) is 4.79 Å². The van der Waals surface area contributed by atoms with E-state index < -0.39 is 0 Å². The van der Waals surface area contributed by atoms with Crippen LogP contribution in [0.25, 0.3) is 0 Å². The maximum atomic E-state index is 11.0. The van der Waals surface area contributed by atoms with Crippen molar-refractivity contribution in [3.05, 3.63) is 0 Å². The number of ether oxygens (including phenoxy) is 1. The van der Waals surface area contributed by atoms with Gasteiger partial charge in [0.2, 0.25) is 0 Å². The van der Waals surface area contributed by atoms with E-state index in [0.717, 1.165) is 6.42 Å². The molecule has 4 heteroatoms. The maximum Gasteiger partial charge on any atom is 0.424 e. The number of hydrazine groups is 1. The summed E-state index contributed by atoms with van der Waals surface area (Å²) in [5, 5.41) is 1.45. The molecule has 0 bridgehead atoms. The van der Waals surface area contributed by atoms with Crippen molar-refractivity contribution in [2.24, 2.45) is 0 Å². The average Bonchev–Trinajstić information content (AvgIpc) is 2.00. The number of nitrogens with zero attached hydrogens (tertiary/aromatic N) is 1. The smallest absolute Gasteiger partial charge is 0.424 e. The molecule has 0 unspecified atom stereocenters. The highest BCUT2D eigenvalue weighted by Crippen LogP contribution is 1.90. The van der Waals surface area contributed by atoms with Gasteiger partial charge in [-0.3, -0.25) is 0 Å². The molecular weight excluding hydrogens is 144 g/mol. The molecule has 0 radical (unpaired) electrons. The summed E-state index contributed by atoms with van der Waals surface area (Å²) in [4.78, 5) is 11.0. The molecule has 0 aliphatic heterocycles. The Morgan fingerprint density at radius 1 is 1.55 bits per heavy atom. The van der Waals surface area contributed by atoms with Crippen molar-refractivity contribution in [1.29, 1.82) is 0 Å². The van der Waals surface area contributed by atoms with Crippen LogP contribution in [0.1, 0.15) is 20.3 Å². The van der Waals surface area contributed by atoms with Gasteiger partial charge in [0.25, 0.3) is 0 Å². The van der Waals surface area contributed by atoms with Crippen molar-refractivity contribution in [3.63, 3.8) is 0 Å². The van der Waals surface area contributed by atoms with Crippen LogP contribution < -0.4 is 5.43 Å². The van der Waals surface area contributed by atoms with Crippen LogP contribution in [0, 0.1) is 0 Å². The van der Waals surface area contributed by atoms with Crippen molar-refractivity contribution in [1.82, 2.24) is 10.4 Å². The summed E-state index contributed by atoms with van der Waals surface area (Å²) in [5.74, 6) is 0. The van der Waals surface area contributed by atoms with Crippen molar-refractivity contribution in [2.75, 3.05) is 20.2 Å². The fourth-order valence-corrected chi connectivity index (χ4v) is 0.719. The summed E-state index contributed by atoms with van der Waals surface area (Å²) >= 11 is 0. The lowest BCUT2D eigenvalue weighted by Crippen LogP contribution is -2.41. The second-order valence-electron chi connectivity index (χ2n) is 2.07. The molecule has 0 aromatic carbocycles. The molecule has 0 aromatic rings. The van der Waals surface area contributed by atoms with Gasteiger partial charge < -0.3 is 4.74 Å². The summed E-state index contributed by atoms with van der Waals surface area (Å²) in [5.41, 5.74) is 2.75. The number of amides is 1. The minimum atomic E-state index is -0.308. The molecule has 0 aromatic heterocycles. The maximum absolute atomic E-state index is 11.0. The summed E-state index contributed by atoms with van der Waals surface area (Å²) in [6.07, 6.45) is 0.608. The normalized spacial score (nSPS) is 9.36. The van der Waals surface area contributed by atoms with E-state index in [0.29, 0.717) is 13.2 Å². The Kier molecular flexibility index (Phi) is 5.56. The highest BCUT2D eigenvalue weighted by molar-refractivity contribution is 5.66. The summed E-state index contributed by atoms with van der Waals surface area (Å²) < 4.78 is 4.77. The molecule has 0 aliphatic carbocycles. The van der Waals surface area contributed by atoms with E-state index in [1.54, 1.807) is 14.0 Å². The molecule has 11 heavy (non-hydrogen) atoms. The molecule has 0 fully saturated rings. The Hall–Kier alpha value is -0.770. The first kappa shape index (κ1) is 10.2. The summed E-state index contributed by atoms with van der Waals surface area (Å²) in [6.45, 7) is 4.89. The lowest BCUT2D eigenvalue weighted by Gasteiger charge is -2.18. The Balaban J connectivity index is 3.71. The van der Waals surface area contributed by atoms with Gasteiger partial charge in [-0.05, 0) is 13.3 Å². The first-order valence-electron chi connectivity index (χ1n) is 3.87. The first-order valence-corrected chi connectivity index (χ1v) is 3.87. The largest absolute Gasteiger partial charge is 0.449 e. The van der Waals surface area contributed by atoms with Crippen molar-refractivity contribution in [2.45, 2.75) is 20.3 Å². The van der Waals surface area contributed by atoms with E-state index in [-0.39, 0.29) is 6.09 Å². The molecule has 1 amide bonds. The van der Waals surface area contributed by atoms with Gasteiger partial charge in [0, 0.05) is 13.6 Å². The highest BCUT2D eigenvalue weighted by atomic mass is 16.6. The van der Waals surface area contributed by atoms with Crippen LogP contribution in [0.3, 0.4) is 0 Å². The van der Waals surface area contributed by atoms with E-state index >= 15 is 0 Å². The number of nitrogens with one attached hydrogen (secondary N) is 1. The van der Waals surface area contributed by atoms with E-state index in [1.807, 2.05) is 6.92 Å². The third-order valence-electron chi connectivity index (χ3n) is 1.21. The zero-order valence-electron chi connectivity index (χ0n) is 7.39. The highest BCUT2D eigenvalue weighted by Gasteiger charge is 2.09. The van der Waals surface area contributed by atoms with Gasteiger partial charge in [-0.25, -0.2) is 15.2 Å². The molecule has 0 saturated carbocycles. The molecular formula is C7H16N2O2. The monoisotopic (exact) mass is 160 g/mol. The lowest BCUT2D eigenvalue weighted by molar-refractivity contribution is 0.0912. The number of carbonyl (C=O) groups excluding carboxylic acids is 1. The van der Waals surface area contributed by atoms with Gasteiger partial charge in [-0.15, -0.1) is 0 Å². The summed E-state index contributed by atoms with van der Waals surface area (Å²) in [6, 6.07) is 0. The average molecular weight is 160 g/mol. The Morgan fingerprint density at radius 3 is 2.55 bits per heavy atom. The number of rotatable bonds is 4. The van der Waals surface area contributed by atoms with Crippen LogP contribution in [0.2, 0.25) is 0 Å². The molecule has 0 spiro atoms. The van der Waals surface area contributed by atoms with E-state index in [4.69, 9.17) is 4.74 Å². The van der Waals surface area contributed by atoms with Gasteiger partial charge in [0.05, 0.1) is 6.61 Å². The van der Waals surface area contributed by atoms with Gasteiger partial charge in [0.15, 0.2) is 0 Å². The Bertz CT molecular complexity index is 117. The summed E-state index contributed by atoms with van der Waals surface area (Å²) in [7, 11) is 1.70. The minimum Gasteiger partial charge on any atom is -0.449 e. The topological polar surface area (TPSA) is 41.6 Å². The van der Waals surface area contributed by atoms with Gasteiger partial charge in [-0.1, -0.05) is 6.92 Å². The number of hydrogen-bond donors (Lipinski definition) is 1. The minimum absolute atomic E-state index is 0.308. The predicted molar refractivity (Wildman–Crippen MR) is 43.1 cm³/mol. The molecule has 66 valence electrons. The van der Waals surface area contributed by atoms with Gasteiger partial charge in [0.1, 0.15) is 0 Å². The second-order valence-corrected chi connectivity index (χ2v) is 2.07. The number of carbonyl (C=O) groups is 1. The Morgan fingerprint density at radius 2 is 2.18 bits per heavy atom. The fraction of sp³-hybridized carbons (Fsp3) is 0.857. The third-order valence-corrected chi connectivity index (χ3v) is 1.21. The lowest BCUT2D eigenvalue weighted by atomic mass is 10.5. The van der Waals surface area contributed by atoms with E-state index in [2.05, 4.69) is 5.43 Å². The second kappa shape index (κ2) is 5.97. The van der Waals surface area contributed by atoms with Crippen LogP contribution in [-0.2, 0) is 4.74 Å². The Labute approximate surface area is 67.5 Å². The van der Waals surface area contributed by atoms with Crippen LogP contribution in [0.5, 0.6) is 0 Å². The SMILES string of the molecule is CCCN(NC)C(=O)OCC. The van der Waals surface area contributed by atoms with Crippen molar-refractivity contribution in [3.8, 4) is 0 Å². The molecule has 0 atom stereocenters. The molecule has 1 N–H and O–H groups in total. The first-order chi connectivity index (χ1) is 5.26. The van der Waals surface area contributed by atoms with E-state index in [1.165, 1.54) is 5.01 Å². The van der Waals surface area contributed by atoms with Crippen LogP contribution in [0.15, 0.2) is 0 Å². The molecule has 0 rings (SSSR count). The predicted octanol–water partition coefficient (Wildman–Crippen LogP) is 0.989. The molecule has 0 aliphatic rings. The fourth-order valence-electron chi connectivity index (χ4n) is 0.719. The van der Waals surface area contributed by atoms with Crippen LogP contribution in [-0.4, -0.2) is 31.3 Å². The van der Waals surface area contributed by atoms with Crippen molar-refractivity contribution >= 4 is 6.09 Å². The molecule has 0 saturated heterocycles. The zero-order chi connectivity index (χ0) is 8.69. The van der Waals surface area contributed by atoms with Crippen molar-refractivity contribution < 1.29 is 9.53 Å². The third kappa shape index (κ3) is 3.83. The molecule has 4 nitrogen and oxygen atoms in total. The quantitative estimate of drug-likeness (QED) is 0.623. The van der Waals surface area contributed by atoms with Gasteiger partial charge >= 0.3 is 6.09 Å². The standard InChI is InChI=1S/C7H16N2O2/c1-4-6-9(8-3)7(10)11-5-2/h8H,4-6H2,1-3H3. The number of hydrogen-bond acceptors (Lipinski definition) is 3. The van der Waals surface area contributed by atoms with E-state index in [9.17, 15) is 4.79 Å². The zero-order valence-corrected chi connectivity index (χ0v) is 7.39.